The molecular formula is C20H20ClNO2. The van der Waals surface area contributed by atoms with Crippen molar-refractivity contribution < 1.29 is 9.59 Å². The maximum Gasteiger partial charge on any atom is 0.187 e. The van der Waals surface area contributed by atoms with Crippen molar-refractivity contribution in [3.8, 4) is 0 Å². The smallest absolute Gasteiger partial charge is 0.187 e. The van der Waals surface area contributed by atoms with Crippen LogP contribution in [-0.2, 0) is 4.79 Å². The zero-order chi connectivity index (χ0) is 17.3. The van der Waals surface area contributed by atoms with Crippen LogP contribution in [0.25, 0.3) is 0 Å². The average molecular weight is 342 g/mol. The SMILES string of the molecule is CC1=C(C)CC2C(=O)C(C=CN2/C=C/C(=O)c2ccc(Cl)cc2)C1. The molecule has 0 saturated carbocycles. The zero-order valence-corrected chi connectivity index (χ0v) is 14.6. The standard InChI is InChI=1S/C20H20ClNO2/c1-13-11-16-7-9-22(18(20(16)24)12-14(13)2)10-8-19(23)15-3-5-17(21)6-4-15/h3-10,16,18H,11-12H2,1-2H3/b10-8+. The van der Waals surface area contributed by atoms with Crippen molar-refractivity contribution >= 4 is 23.2 Å². The van der Waals surface area contributed by atoms with Gasteiger partial charge in [0.2, 0.25) is 0 Å². The second kappa shape index (κ2) is 6.78. The van der Waals surface area contributed by atoms with E-state index in [1.807, 2.05) is 17.2 Å². The van der Waals surface area contributed by atoms with E-state index in [-0.39, 0.29) is 23.5 Å². The summed E-state index contributed by atoms with van der Waals surface area (Å²) in [6, 6.07) is 6.57. The van der Waals surface area contributed by atoms with E-state index in [1.165, 1.54) is 17.2 Å². The van der Waals surface area contributed by atoms with E-state index < -0.39 is 0 Å². The van der Waals surface area contributed by atoms with Crippen molar-refractivity contribution in [1.29, 1.82) is 0 Å². The maximum absolute atomic E-state index is 12.6. The number of hydrogen-bond donors (Lipinski definition) is 0. The molecule has 1 heterocycles. The third-order valence-electron chi connectivity index (χ3n) is 4.83. The lowest BCUT2D eigenvalue weighted by Gasteiger charge is -2.31. The van der Waals surface area contributed by atoms with Crippen molar-refractivity contribution in [3.05, 3.63) is 70.5 Å². The van der Waals surface area contributed by atoms with E-state index in [0.29, 0.717) is 17.0 Å². The van der Waals surface area contributed by atoms with Gasteiger partial charge in [0, 0.05) is 35.0 Å². The second-order valence-corrected chi connectivity index (χ2v) is 6.91. The number of carbonyl (C=O) groups excluding carboxylic acids is 2. The summed E-state index contributed by atoms with van der Waals surface area (Å²) in [5.74, 6) is 0.0908. The van der Waals surface area contributed by atoms with Crippen LogP contribution in [0.4, 0.5) is 0 Å². The summed E-state index contributed by atoms with van der Waals surface area (Å²) in [6.45, 7) is 4.19. The molecule has 2 bridgehead atoms. The predicted octanol–water partition coefficient (Wildman–Crippen LogP) is 4.55. The van der Waals surface area contributed by atoms with Crippen LogP contribution in [0.15, 0.2) is 60.0 Å². The van der Waals surface area contributed by atoms with Crippen LogP contribution in [0.5, 0.6) is 0 Å². The first kappa shape index (κ1) is 16.7. The van der Waals surface area contributed by atoms with Gasteiger partial charge in [-0.25, -0.2) is 0 Å². The molecule has 1 aromatic rings. The number of allylic oxidation sites excluding steroid dienone is 3. The summed E-state index contributed by atoms with van der Waals surface area (Å²) >= 11 is 5.84. The number of nitrogens with zero attached hydrogens (tertiary/aromatic N) is 1. The largest absolute Gasteiger partial charge is 0.344 e. The molecule has 24 heavy (non-hydrogen) atoms. The molecule has 2 unspecified atom stereocenters. The highest BCUT2D eigenvalue weighted by Gasteiger charge is 2.34. The summed E-state index contributed by atoms with van der Waals surface area (Å²) in [4.78, 5) is 26.7. The number of rotatable bonds is 3. The number of halogens is 1. The van der Waals surface area contributed by atoms with Crippen molar-refractivity contribution in [1.82, 2.24) is 4.90 Å². The average Bonchev–Trinajstić information content (AvgIpc) is 2.63. The Labute approximate surface area is 147 Å². The monoisotopic (exact) mass is 341 g/mol. The molecule has 0 radical (unpaired) electrons. The molecule has 0 amide bonds. The van der Waals surface area contributed by atoms with Crippen LogP contribution in [0.3, 0.4) is 0 Å². The van der Waals surface area contributed by atoms with E-state index in [2.05, 4.69) is 13.8 Å². The molecule has 2 atom stereocenters. The minimum absolute atomic E-state index is 0.0379. The first-order valence-electron chi connectivity index (χ1n) is 8.08. The third-order valence-corrected chi connectivity index (χ3v) is 5.08. The topological polar surface area (TPSA) is 37.4 Å². The Morgan fingerprint density at radius 2 is 1.83 bits per heavy atom. The van der Waals surface area contributed by atoms with E-state index in [1.54, 1.807) is 30.5 Å². The summed E-state index contributed by atoms with van der Waals surface area (Å²) in [7, 11) is 0. The van der Waals surface area contributed by atoms with Gasteiger partial charge in [0.1, 0.15) is 0 Å². The molecule has 2 aliphatic rings. The predicted molar refractivity (Wildman–Crippen MR) is 95.8 cm³/mol. The molecule has 3 nitrogen and oxygen atoms in total. The highest BCUT2D eigenvalue weighted by Crippen LogP contribution is 2.32. The maximum atomic E-state index is 12.6. The Balaban J connectivity index is 1.80. The first-order chi connectivity index (χ1) is 11.5. The minimum atomic E-state index is -0.216. The molecule has 3 rings (SSSR count). The van der Waals surface area contributed by atoms with E-state index in [4.69, 9.17) is 11.6 Å². The van der Waals surface area contributed by atoms with Gasteiger partial charge < -0.3 is 4.90 Å². The van der Waals surface area contributed by atoms with Gasteiger partial charge in [-0.2, -0.15) is 0 Å². The number of ketones is 2. The molecular weight excluding hydrogens is 322 g/mol. The first-order valence-corrected chi connectivity index (χ1v) is 8.46. The summed E-state index contributed by atoms with van der Waals surface area (Å²) < 4.78 is 0. The summed E-state index contributed by atoms with van der Waals surface area (Å²) in [5.41, 5.74) is 3.14. The normalized spacial score (nSPS) is 23.8. The molecule has 124 valence electrons. The fourth-order valence-corrected chi connectivity index (χ4v) is 3.28. The zero-order valence-electron chi connectivity index (χ0n) is 13.8. The van der Waals surface area contributed by atoms with Gasteiger partial charge in [-0.15, -0.1) is 0 Å². The van der Waals surface area contributed by atoms with Crippen molar-refractivity contribution in [2.45, 2.75) is 32.7 Å². The molecule has 1 aliphatic heterocycles. The quantitative estimate of drug-likeness (QED) is 0.460. The van der Waals surface area contributed by atoms with Gasteiger partial charge >= 0.3 is 0 Å². The van der Waals surface area contributed by atoms with Crippen molar-refractivity contribution in [3.63, 3.8) is 0 Å². The van der Waals surface area contributed by atoms with Crippen molar-refractivity contribution in [2.75, 3.05) is 0 Å². The van der Waals surface area contributed by atoms with Crippen LogP contribution in [0.2, 0.25) is 5.02 Å². The Morgan fingerprint density at radius 1 is 1.17 bits per heavy atom. The van der Waals surface area contributed by atoms with Crippen LogP contribution in [-0.4, -0.2) is 22.5 Å². The van der Waals surface area contributed by atoms with Crippen LogP contribution < -0.4 is 0 Å². The molecule has 0 saturated heterocycles. The van der Waals surface area contributed by atoms with E-state index in [0.717, 1.165) is 6.42 Å². The lowest BCUT2D eigenvalue weighted by Crippen LogP contribution is -2.40. The number of Topliss-reactive ketones (excluding diaryl/α,β-unsaturated/α-hetero) is 1. The number of hydrogen-bond acceptors (Lipinski definition) is 3. The number of carbonyl (C=O) groups is 2. The Morgan fingerprint density at radius 3 is 2.54 bits per heavy atom. The van der Waals surface area contributed by atoms with Crippen LogP contribution in [0.1, 0.15) is 37.0 Å². The van der Waals surface area contributed by atoms with E-state index in [9.17, 15) is 9.59 Å². The van der Waals surface area contributed by atoms with Crippen LogP contribution >= 0.6 is 11.6 Å². The van der Waals surface area contributed by atoms with Gasteiger partial charge in [0.05, 0.1) is 6.04 Å². The van der Waals surface area contributed by atoms with E-state index >= 15 is 0 Å². The van der Waals surface area contributed by atoms with Gasteiger partial charge in [-0.3, -0.25) is 9.59 Å². The molecule has 0 aromatic heterocycles. The molecule has 0 fully saturated rings. The van der Waals surface area contributed by atoms with Gasteiger partial charge in [-0.1, -0.05) is 28.8 Å². The minimum Gasteiger partial charge on any atom is -0.344 e. The van der Waals surface area contributed by atoms with Gasteiger partial charge in [0.15, 0.2) is 11.6 Å². The lowest BCUT2D eigenvalue weighted by atomic mass is 9.91. The highest BCUT2D eigenvalue weighted by molar-refractivity contribution is 6.30. The number of benzene rings is 1. The Kier molecular flexibility index (Phi) is 4.72. The molecule has 0 N–H and O–H groups in total. The van der Waals surface area contributed by atoms with Gasteiger partial charge in [-0.05, 0) is 51.0 Å². The lowest BCUT2D eigenvalue weighted by molar-refractivity contribution is -0.125. The fourth-order valence-electron chi connectivity index (χ4n) is 3.16. The Bertz CT molecular complexity index is 758. The summed E-state index contributed by atoms with van der Waals surface area (Å²) in [6.07, 6.45) is 8.61. The van der Waals surface area contributed by atoms with Crippen molar-refractivity contribution in [2.24, 2.45) is 5.92 Å². The van der Waals surface area contributed by atoms with Gasteiger partial charge in [0.25, 0.3) is 0 Å². The van der Waals surface area contributed by atoms with Crippen LogP contribution in [0, 0.1) is 5.92 Å². The fraction of sp³-hybridized carbons (Fsp3) is 0.300. The number of fused-ring (bicyclic) bond motifs is 2. The Hall–Kier alpha value is -2.13. The second-order valence-electron chi connectivity index (χ2n) is 6.47. The molecule has 0 spiro atoms. The molecule has 1 aliphatic carbocycles. The summed E-state index contributed by atoms with van der Waals surface area (Å²) in [5, 5.41) is 0.599. The highest BCUT2D eigenvalue weighted by atomic mass is 35.5. The molecule has 1 aromatic carbocycles. The molecule has 4 heteroatoms. The third kappa shape index (κ3) is 3.36.